The lowest BCUT2D eigenvalue weighted by Gasteiger charge is -2.17. The van der Waals surface area contributed by atoms with Crippen molar-refractivity contribution in [1.82, 2.24) is 4.98 Å². The average molecular weight is 245 g/mol. The van der Waals surface area contributed by atoms with Crippen molar-refractivity contribution < 1.29 is 4.42 Å². The SMILES string of the molecule is CCCNc1cccc(N(C)Cc2ccco2)n1. The summed E-state index contributed by atoms with van der Waals surface area (Å²) in [6.07, 6.45) is 2.78. The topological polar surface area (TPSA) is 41.3 Å². The molecule has 2 rings (SSSR count). The lowest BCUT2D eigenvalue weighted by Crippen LogP contribution is -2.17. The Labute approximate surface area is 108 Å². The first-order valence-electron chi connectivity index (χ1n) is 6.24. The molecule has 0 radical (unpaired) electrons. The molecule has 96 valence electrons. The van der Waals surface area contributed by atoms with Crippen molar-refractivity contribution in [3.05, 3.63) is 42.4 Å². The Morgan fingerprint density at radius 1 is 1.28 bits per heavy atom. The number of rotatable bonds is 6. The molecular formula is C14H19N3O. The molecule has 0 bridgehead atoms. The van der Waals surface area contributed by atoms with E-state index in [-0.39, 0.29) is 0 Å². The van der Waals surface area contributed by atoms with Crippen LogP contribution in [0.5, 0.6) is 0 Å². The summed E-state index contributed by atoms with van der Waals surface area (Å²) >= 11 is 0. The van der Waals surface area contributed by atoms with Gasteiger partial charge in [0.05, 0.1) is 12.8 Å². The van der Waals surface area contributed by atoms with Gasteiger partial charge in [-0.25, -0.2) is 4.98 Å². The Morgan fingerprint density at radius 3 is 2.89 bits per heavy atom. The largest absolute Gasteiger partial charge is 0.467 e. The molecule has 0 fully saturated rings. The van der Waals surface area contributed by atoms with E-state index in [9.17, 15) is 0 Å². The minimum Gasteiger partial charge on any atom is -0.467 e. The minimum atomic E-state index is 0.719. The first kappa shape index (κ1) is 12.5. The average Bonchev–Trinajstić information content (AvgIpc) is 2.89. The van der Waals surface area contributed by atoms with E-state index in [1.807, 2.05) is 37.4 Å². The third kappa shape index (κ3) is 3.26. The lowest BCUT2D eigenvalue weighted by molar-refractivity contribution is 0.507. The van der Waals surface area contributed by atoms with Gasteiger partial charge in [-0.2, -0.15) is 0 Å². The molecule has 2 heterocycles. The van der Waals surface area contributed by atoms with Gasteiger partial charge in [0.25, 0.3) is 0 Å². The van der Waals surface area contributed by atoms with E-state index in [1.165, 1.54) is 0 Å². The second-order valence-electron chi connectivity index (χ2n) is 4.24. The van der Waals surface area contributed by atoms with Crippen LogP contribution in [-0.4, -0.2) is 18.6 Å². The molecule has 0 spiro atoms. The summed E-state index contributed by atoms with van der Waals surface area (Å²) in [7, 11) is 2.01. The van der Waals surface area contributed by atoms with Crippen LogP contribution in [-0.2, 0) is 6.54 Å². The third-order valence-corrected chi connectivity index (χ3v) is 2.65. The summed E-state index contributed by atoms with van der Waals surface area (Å²) < 4.78 is 5.34. The number of hydrogen-bond acceptors (Lipinski definition) is 4. The van der Waals surface area contributed by atoms with Crippen molar-refractivity contribution in [3.63, 3.8) is 0 Å². The lowest BCUT2D eigenvalue weighted by atomic mass is 10.3. The fraction of sp³-hybridized carbons (Fsp3) is 0.357. The van der Waals surface area contributed by atoms with Crippen LogP contribution < -0.4 is 10.2 Å². The number of nitrogens with zero attached hydrogens (tertiary/aromatic N) is 2. The van der Waals surface area contributed by atoms with Gasteiger partial charge in [-0.05, 0) is 30.7 Å². The van der Waals surface area contributed by atoms with Crippen molar-refractivity contribution >= 4 is 11.6 Å². The number of anilines is 2. The Balaban J connectivity index is 2.03. The summed E-state index contributed by atoms with van der Waals surface area (Å²) in [6, 6.07) is 9.87. The van der Waals surface area contributed by atoms with Gasteiger partial charge in [-0.15, -0.1) is 0 Å². The van der Waals surface area contributed by atoms with Gasteiger partial charge in [0.2, 0.25) is 0 Å². The molecule has 0 atom stereocenters. The quantitative estimate of drug-likeness (QED) is 0.849. The highest BCUT2D eigenvalue weighted by molar-refractivity contribution is 5.46. The highest BCUT2D eigenvalue weighted by atomic mass is 16.3. The summed E-state index contributed by atoms with van der Waals surface area (Å²) in [5.41, 5.74) is 0. The summed E-state index contributed by atoms with van der Waals surface area (Å²) in [5.74, 6) is 2.79. The maximum absolute atomic E-state index is 5.34. The molecule has 0 aliphatic carbocycles. The molecule has 0 unspecified atom stereocenters. The summed E-state index contributed by atoms with van der Waals surface area (Å²) in [6.45, 7) is 3.80. The van der Waals surface area contributed by atoms with Crippen LogP contribution >= 0.6 is 0 Å². The van der Waals surface area contributed by atoms with E-state index in [4.69, 9.17) is 4.42 Å². The number of aromatic nitrogens is 1. The molecule has 0 amide bonds. The first-order valence-corrected chi connectivity index (χ1v) is 6.24. The van der Waals surface area contributed by atoms with Crippen molar-refractivity contribution in [3.8, 4) is 0 Å². The molecule has 2 aromatic rings. The Bertz CT molecular complexity index is 468. The summed E-state index contributed by atoms with van der Waals surface area (Å²) in [5, 5.41) is 3.29. The number of furan rings is 1. The van der Waals surface area contributed by atoms with Gasteiger partial charge < -0.3 is 14.6 Å². The Hall–Kier alpha value is -1.97. The Kier molecular flexibility index (Phi) is 4.23. The van der Waals surface area contributed by atoms with Crippen LogP contribution in [0.2, 0.25) is 0 Å². The van der Waals surface area contributed by atoms with Gasteiger partial charge >= 0.3 is 0 Å². The second-order valence-corrected chi connectivity index (χ2v) is 4.24. The molecule has 4 heteroatoms. The number of pyridine rings is 1. The summed E-state index contributed by atoms with van der Waals surface area (Å²) in [4.78, 5) is 6.63. The molecule has 0 aliphatic heterocycles. The van der Waals surface area contributed by atoms with E-state index in [2.05, 4.69) is 22.1 Å². The van der Waals surface area contributed by atoms with Gasteiger partial charge in [0.1, 0.15) is 17.4 Å². The first-order chi connectivity index (χ1) is 8.79. The van der Waals surface area contributed by atoms with Crippen molar-refractivity contribution in [2.24, 2.45) is 0 Å². The molecule has 1 N–H and O–H groups in total. The molecule has 0 saturated heterocycles. The van der Waals surface area contributed by atoms with Crippen LogP contribution in [0.15, 0.2) is 41.0 Å². The highest BCUT2D eigenvalue weighted by Gasteiger charge is 2.05. The standard InChI is InChI=1S/C14H19N3O/c1-3-9-15-13-7-4-8-14(16-13)17(2)11-12-6-5-10-18-12/h4-8,10H,3,9,11H2,1-2H3,(H,15,16). The van der Waals surface area contributed by atoms with Gasteiger partial charge in [-0.1, -0.05) is 13.0 Å². The maximum Gasteiger partial charge on any atom is 0.131 e. The van der Waals surface area contributed by atoms with Gasteiger partial charge in [0.15, 0.2) is 0 Å². The minimum absolute atomic E-state index is 0.719. The van der Waals surface area contributed by atoms with E-state index in [0.29, 0.717) is 0 Å². The van der Waals surface area contributed by atoms with Gasteiger partial charge in [0, 0.05) is 13.6 Å². The van der Waals surface area contributed by atoms with Crippen molar-refractivity contribution in [2.45, 2.75) is 19.9 Å². The van der Waals surface area contributed by atoms with E-state index < -0.39 is 0 Å². The molecular weight excluding hydrogens is 226 g/mol. The van der Waals surface area contributed by atoms with Crippen LogP contribution in [0, 0.1) is 0 Å². The molecule has 0 aromatic carbocycles. The van der Waals surface area contributed by atoms with E-state index in [0.717, 1.165) is 36.9 Å². The van der Waals surface area contributed by atoms with E-state index in [1.54, 1.807) is 6.26 Å². The maximum atomic E-state index is 5.34. The zero-order chi connectivity index (χ0) is 12.8. The molecule has 4 nitrogen and oxygen atoms in total. The highest BCUT2D eigenvalue weighted by Crippen LogP contribution is 2.15. The van der Waals surface area contributed by atoms with E-state index >= 15 is 0 Å². The zero-order valence-corrected chi connectivity index (χ0v) is 10.9. The Morgan fingerprint density at radius 2 is 2.17 bits per heavy atom. The van der Waals surface area contributed by atoms with Crippen LogP contribution in [0.1, 0.15) is 19.1 Å². The predicted octanol–water partition coefficient (Wildman–Crippen LogP) is 3.13. The molecule has 18 heavy (non-hydrogen) atoms. The van der Waals surface area contributed by atoms with Crippen molar-refractivity contribution in [1.29, 1.82) is 0 Å². The fourth-order valence-electron chi connectivity index (χ4n) is 1.70. The fourth-order valence-corrected chi connectivity index (χ4v) is 1.70. The molecule has 0 aliphatic rings. The smallest absolute Gasteiger partial charge is 0.131 e. The normalized spacial score (nSPS) is 10.3. The van der Waals surface area contributed by atoms with Crippen LogP contribution in [0.4, 0.5) is 11.6 Å². The van der Waals surface area contributed by atoms with Gasteiger partial charge in [-0.3, -0.25) is 0 Å². The second kappa shape index (κ2) is 6.10. The predicted molar refractivity (Wildman–Crippen MR) is 73.8 cm³/mol. The zero-order valence-electron chi connectivity index (χ0n) is 10.9. The van der Waals surface area contributed by atoms with Crippen molar-refractivity contribution in [2.75, 3.05) is 23.8 Å². The van der Waals surface area contributed by atoms with Crippen LogP contribution in [0.25, 0.3) is 0 Å². The third-order valence-electron chi connectivity index (χ3n) is 2.65. The monoisotopic (exact) mass is 245 g/mol. The van der Waals surface area contributed by atoms with Crippen LogP contribution in [0.3, 0.4) is 0 Å². The molecule has 2 aromatic heterocycles. The molecule has 0 saturated carbocycles. The number of nitrogens with one attached hydrogen (secondary N) is 1. The number of hydrogen-bond donors (Lipinski definition) is 1.